The summed E-state index contributed by atoms with van der Waals surface area (Å²) in [6.45, 7) is 5.93. The third-order valence-corrected chi connectivity index (χ3v) is 3.58. The van der Waals surface area contributed by atoms with Gasteiger partial charge in [0.05, 0.1) is 19.0 Å². The lowest BCUT2D eigenvalue weighted by Gasteiger charge is -2.20. The zero-order valence-corrected chi connectivity index (χ0v) is 14.4. The van der Waals surface area contributed by atoms with E-state index >= 15 is 0 Å². The lowest BCUT2D eigenvalue weighted by molar-refractivity contribution is -0.120. The lowest BCUT2D eigenvalue weighted by Crippen LogP contribution is -2.34. The Bertz CT molecular complexity index is 704. The average molecular weight is 342 g/mol. The summed E-state index contributed by atoms with van der Waals surface area (Å²) in [5.41, 5.74) is 4.38. The van der Waals surface area contributed by atoms with Crippen molar-refractivity contribution in [3.05, 3.63) is 54.0 Å². The Balaban J connectivity index is 1.78. The number of anilines is 1. The van der Waals surface area contributed by atoms with Crippen molar-refractivity contribution < 1.29 is 14.0 Å². The molecular formula is C18H22N4O3. The topological polar surface area (TPSA) is 86.9 Å². The Morgan fingerprint density at radius 1 is 1.16 bits per heavy atom. The molecule has 1 aromatic heterocycles. The minimum absolute atomic E-state index is 0.157. The summed E-state index contributed by atoms with van der Waals surface area (Å²) >= 11 is 0. The number of furan rings is 1. The predicted molar refractivity (Wildman–Crippen MR) is 96.8 cm³/mol. The van der Waals surface area contributed by atoms with Gasteiger partial charge in [-0.25, -0.2) is 5.43 Å². The SMILES string of the molecule is CCN(CC)c1ccc(C=NNC(=O)CNC(=O)c2ccco2)cc1. The molecule has 0 unspecified atom stereocenters. The highest BCUT2D eigenvalue weighted by Crippen LogP contribution is 2.13. The zero-order valence-electron chi connectivity index (χ0n) is 14.4. The van der Waals surface area contributed by atoms with E-state index in [9.17, 15) is 9.59 Å². The van der Waals surface area contributed by atoms with Crippen LogP contribution >= 0.6 is 0 Å². The minimum atomic E-state index is -0.448. The minimum Gasteiger partial charge on any atom is -0.459 e. The second-order valence-electron chi connectivity index (χ2n) is 5.22. The van der Waals surface area contributed by atoms with Crippen molar-refractivity contribution >= 4 is 23.7 Å². The van der Waals surface area contributed by atoms with Crippen LogP contribution in [-0.4, -0.2) is 37.7 Å². The first-order valence-corrected chi connectivity index (χ1v) is 8.12. The molecule has 0 fully saturated rings. The number of hydrogen-bond donors (Lipinski definition) is 2. The maximum absolute atomic E-state index is 11.7. The molecule has 2 amide bonds. The third kappa shape index (κ3) is 5.49. The van der Waals surface area contributed by atoms with Crippen LogP contribution < -0.4 is 15.6 Å². The molecule has 0 aliphatic rings. The van der Waals surface area contributed by atoms with E-state index in [0.29, 0.717) is 0 Å². The number of carbonyl (C=O) groups is 2. The quantitative estimate of drug-likeness (QED) is 0.567. The van der Waals surface area contributed by atoms with E-state index in [1.54, 1.807) is 12.3 Å². The molecule has 7 heteroatoms. The highest BCUT2D eigenvalue weighted by atomic mass is 16.3. The lowest BCUT2D eigenvalue weighted by atomic mass is 10.2. The van der Waals surface area contributed by atoms with Gasteiger partial charge in [-0.05, 0) is 43.7 Å². The maximum atomic E-state index is 11.7. The van der Waals surface area contributed by atoms with Crippen molar-refractivity contribution in [3.63, 3.8) is 0 Å². The highest BCUT2D eigenvalue weighted by Gasteiger charge is 2.09. The fraction of sp³-hybridized carbons (Fsp3) is 0.278. The summed E-state index contributed by atoms with van der Waals surface area (Å²) in [6.07, 6.45) is 2.95. The fourth-order valence-corrected chi connectivity index (χ4v) is 2.23. The molecular weight excluding hydrogens is 320 g/mol. The number of hydrogen-bond acceptors (Lipinski definition) is 5. The molecule has 2 N–H and O–H groups in total. The van der Waals surface area contributed by atoms with E-state index in [-0.39, 0.29) is 12.3 Å². The molecule has 7 nitrogen and oxygen atoms in total. The van der Waals surface area contributed by atoms with Crippen LogP contribution in [0.4, 0.5) is 5.69 Å². The predicted octanol–water partition coefficient (Wildman–Crippen LogP) is 2.01. The second-order valence-corrected chi connectivity index (χ2v) is 5.22. The molecule has 0 bridgehead atoms. The number of amides is 2. The zero-order chi connectivity index (χ0) is 18.1. The molecule has 25 heavy (non-hydrogen) atoms. The first-order valence-electron chi connectivity index (χ1n) is 8.12. The molecule has 0 aliphatic heterocycles. The molecule has 132 valence electrons. The van der Waals surface area contributed by atoms with E-state index in [4.69, 9.17) is 4.42 Å². The number of nitrogens with zero attached hydrogens (tertiary/aromatic N) is 2. The van der Waals surface area contributed by atoms with Gasteiger partial charge in [0.15, 0.2) is 5.76 Å². The number of nitrogens with one attached hydrogen (secondary N) is 2. The van der Waals surface area contributed by atoms with Gasteiger partial charge in [0, 0.05) is 18.8 Å². The van der Waals surface area contributed by atoms with Crippen LogP contribution in [-0.2, 0) is 4.79 Å². The molecule has 1 heterocycles. The van der Waals surface area contributed by atoms with Crippen LogP contribution in [0.2, 0.25) is 0 Å². The fourth-order valence-electron chi connectivity index (χ4n) is 2.23. The Morgan fingerprint density at radius 3 is 2.48 bits per heavy atom. The monoisotopic (exact) mass is 342 g/mol. The normalized spacial score (nSPS) is 10.6. The summed E-state index contributed by atoms with van der Waals surface area (Å²) in [5, 5.41) is 6.33. The molecule has 0 atom stereocenters. The van der Waals surface area contributed by atoms with Gasteiger partial charge >= 0.3 is 0 Å². The van der Waals surface area contributed by atoms with Crippen molar-refractivity contribution in [2.75, 3.05) is 24.5 Å². The van der Waals surface area contributed by atoms with E-state index in [1.165, 1.54) is 12.3 Å². The van der Waals surface area contributed by atoms with Crippen LogP contribution in [0.25, 0.3) is 0 Å². The molecule has 2 aromatic rings. The van der Waals surface area contributed by atoms with Crippen LogP contribution in [0.15, 0.2) is 52.2 Å². The Kier molecular flexibility index (Phi) is 6.76. The van der Waals surface area contributed by atoms with Gasteiger partial charge in [0.2, 0.25) is 0 Å². The van der Waals surface area contributed by atoms with Crippen molar-refractivity contribution in [2.45, 2.75) is 13.8 Å². The summed E-state index contributed by atoms with van der Waals surface area (Å²) in [6, 6.07) is 11.0. The number of benzene rings is 1. The van der Waals surface area contributed by atoms with Crippen LogP contribution in [0, 0.1) is 0 Å². The van der Waals surface area contributed by atoms with Gasteiger partial charge in [-0.3, -0.25) is 9.59 Å². The van der Waals surface area contributed by atoms with Crippen molar-refractivity contribution in [3.8, 4) is 0 Å². The van der Waals surface area contributed by atoms with E-state index in [2.05, 4.69) is 34.6 Å². The molecule has 0 aliphatic carbocycles. The van der Waals surface area contributed by atoms with Crippen molar-refractivity contribution in [1.82, 2.24) is 10.7 Å². The average Bonchev–Trinajstić information content (AvgIpc) is 3.17. The Morgan fingerprint density at radius 2 is 1.88 bits per heavy atom. The van der Waals surface area contributed by atoms with Gasteiger partial charge in [-0.2, -0.15) is 5.10 Å². The highest BCUT2D eigenvalue weighted by molar-refractivity contribution is 5.94. The van der Waals surface area contributed by atoms with Crippen LogP contribution in [0.5, 0.6) is 0 Å². The smallest absolute Gasteiger partial charge is 0.287 e. The van der Waals surface area contributed by atoms with Crippen molar-refractivity contribution in [1.29, 1.82) is 0 Å². The third-order valence-electron chi connectivity index (χ3n) is 3.58. The van der Waals surface area contributed by atoms with E-state index in [1.807, 2.05) is 24.3 Å². The largest absolute Gasteiger partial charge is 0.459 e. The van der Waals surface area contributed by atoms with Gasteiger partial charge < -0.3 is 14.6 Å². The van der Waals surface area contributed by atoms with E-state index in [0.717, 1.165) is 24.3 Å². The van der Waals surface area contributed by atoms with E-state index < -0.39 is 11.8 Å². The van der Waals surface area contributed by atoms with Crippen molar-refractivity contribution in [2.24, 2.45) is 5.10 Å². The first-order chi connectivity index (χ1) is 12.1. The molecule has 0 radical (unpaired) electrons. The van der Waals surface area contributed by atoms with Crippen LogP contribution in [0.1, 0.15) is 30.0 Å². The van der Waals surface area contributed by atoms with Gasteiger partial charge in [0.1, 0.15) is 0 Å². The first kappa shape index (κ1) is 18.3. The molecule has 0 saturated carbocycles. The van der Waals surface area contributed by atoms with Gasteiger partial charge in [0.25, 0.3) is 11.8 Å². The molecule has 0 spiro atoms. The Hall–Kier alpha value is -3.09. The number of rotatable bonds is 8. The summed E-state index contributed by atoms with van der Waals surface area (Å²) in [7, 11) is 0. The molecule has 1 aromatic carbocycles. The Labute approximate surface area is 146 Å². The summed E-state index contributed by atoms with van der Waals surface area (Å²) < 4.78 is 4.93. The standard InChI is InChI=1S/C18H22N4O3/c1-3-22(4-2)15-9-7-14(8-10-15)12-20-21-17(23)13-19-18(24)16-6-5-11-25-16/h5-12H,3-4,13H2,1-2H3,(H,19,24)(H,21,23). The molecule has 0 saturated heterocycles. The maximum Gasteiger partial charge on any atom is 0.287 e. The van der Waals surface area contributed by atoms with Gasteiger partial charge in [-0.1, -0.05) is 12.1 Å². The molecule has 2 rings (SSSR count). The summed E-state index contributed by atoms with van der Waals surface area (Å²) in [4.78, 5) is 25.5. The van der Waals surface area contributed by atoms with Crippen LogP contribution in [0.3, 0.4) is 0 Å². The number of hydrazone groups is 1. The van der Waals surface area contributed by atoms with Gasteiger partial charge in [-0.15, -0.1) is 0 Å². The number of carbonyl (C=O) groups excluding carboxylic acids is 2. The second kappa shape index (κ2) is 9.27. The summed E-state index contributed by atoms with van der Waals surface area (Å²) in [5.74, 6) is -0.711.